The fourth-order valence-electron chi connectivity index (χ4n) is 2.23. The summed E-state index contributed by atoms with van der Waals surface area (Å²) in [5.41, 5.74) is 4.71. The number of pyridine rings is 1. The van der Waals surface area contributed by atoms with Crippen LogP contribution in [-0.2, 0) is 11.3 Å². The molecular weight excluding hydrogens is 377 g/mol. The Bertz CT molecular complexity index is 991. The molecule has 2 N–H and O–H groups in total. The molecule has 0 atom stereocenters. The van der Waals surface area contributed by atoms with Gasteiger partial charge in [-0.1, -0.05) is 17.3 Å². The summed E-state index contributed by atoms with van der Waals surface area (Å²) < 4.78 is 39.4. The molecule has 3 rings (SSSR count). The van der Waals surface area contributed by atoms with Crippen LogP contribution < -0.4 is 10.9 Å². The molecule has 1 aromatic carbocycles. The molecule has 0 bridgehead atoms. The number of benzene rings is 1. The predicted octanol–water partition coefficient (Wildman–Crippen LogP) is 1.55. The van der Waals surface area contributed by atoms with Gasteiger partial charge in [0.2, 0.25) is 0 Å². The molecule has 0 saturated carbocycles. The summed E-state index contributed by atoms with van der Waals surface area (Å²) in [5.74, 6) is -2.83. The number of nitrogens with zero attached hydrogens (tertiary/aromatic N) is 4. The van der Waals surface area contributed by atoms with Crippen molar-refractivity contribution in [2.75, 3.05) is 0 Å². The highest BCUT2D eigenvalue weighted by Gasteiger charge is 2.16. The maximum atomic E-state index is 13.8. The average molecular weight is 390 g/mol. The van der Waals surface area contributed by atoms with Crippen LogP contribution in [0.1, 0.15) is 16.1 Å². The lowest BCUT2D eigenvalue weighted by atomic mass is 10.1. The van der Waals surface area contributed by atoms with Crippen molar-refractivity contribution in [2.45, 2.75) is 13.0 Å². The van der Waals surface area contributed by atoms with Gasteiger partial charge in [0.15, 0.2) is 0 Å². The minimum absolute atomic E-state index is 0.0592. The number of rotatable bonds is 5. The van der Waals surface area contributed by atoms with E-state index in [1.54, 1.807) is 29.8 Å². The number of carbonyl (C=O) groups is 2. The van der Waals surface area contributed by atoms with Gasteiger partial charge in [0.25, 0.3) is 5.91 Å². The fraction of sp³-hybridized carbons (Fsp3) is 0.118. The van der Waals surface area contributed by atoms with E-state index in [1.807, 2.05) is 5.43 Å². The van der Waals surface area contributed by atoms with Gasteiger partial charge in [0.05, 0.1) is 24.0 Å². The van der Waals surface area contributed by atoms with Gasteiger partial charge < -0.3 is 0 Å². The molecule has 2 amide bonds. The quantitative estimate of drug-likeness (QED) is 0.644. The van der Waals surface area contributed by atoms with Crippen LogP contribution in [0.5, 0.6) is 0 Å². The molecule has 0 fully saturated rings. The molecule has 11 heteroatoms. The summed E-state index contributed by atoms with van der Waals surface area (Å²) in [6, 6.07) is 9.09. The van der Waals surface area contributed by atoms with E-state index in [0.29, 0.717) is 17.0 Å². The number of hydrazine groups is 1. The van der Waals surface area contributed by atoms with Gasteiger partial charge in [0.1, 0.15) is 11.5 Å². The Kier molecular flexibility index (Phi) is 5.63. The Morgan fingerprint density at radius 3 is 2.57 bits per heavy atom. The average Bonchev–Trinajstić information content (AvgIpc) is 3.14. The molecule has 0 radical (unpaired) electrons. The predicted molar refractivity (Wildman–Crippen MR) is 90.4 cm³/mol. The SMILES string of the molecule is O=C(NNC(=O)C(F)F)c1ccc(Cn2cc(-c3ccccc3F)nn2)nc1. The first-order valence-corrected chi connectivity index (χ1v) is 7.92. The standard InChI is InChI=1S/C17H13F3N6O2/c18-13-4-2-1-3-12(13)14-9-26(25-22-14)8-11-6-5-10(7-21-11)16(27)23-24-17(28)15(19)20/h1-7,9,15H,8H2,(H,23,27)(H,24,28). The first kappa shape index (κ1) is 19.0. The summed E-state index contributed by atoms with van der Waals surface area (Å²) in [7, 11) is 0. The second-order valence-electron chi connectivity index (χ2n) is 5.56. The van der Waals surface area contributed by atoms with Crippen LogP contribution in [0, 0.1) is 5.82 Å². The molecule has 0 aliphatic heterocycles. The van der Waals surface area contributed by atoms with E-state index in [2.05, 4.69) is 15.3 Å². The summed E-state index contributed by atoms with van der Waals surface area (Å²) in [6.45, 7) is 0.214. The van der Waals surface area contributed by atoms with E-state index in [4.69, 9.17) is 0 Å². The maximum absolute atomic E-state index is 13.8. The third-order valence-electron chi connectivity index (χ3n) is 3.60. The largest absolute Gasteiger partial charge is 0.317 e. The molecule has 0 saturated heterocycles. The zero-order chi connectivity index (χ0) is 20.1. The zero-order valence-electron chi connectivity index (χ0n) is 14.1. The fourth-order valence-corrected chi connectivity index (χ4v) is 2.23. The first-order chi connectivity index (χ1) is 13.4. The smallest absolute Gasteiger partial charge is 0.267 e. The molecule has 0 aliphatic carbocycles. The van der Waals surface area contributed by atoms with Crippen LogP contribution >= 0.6 is 0 Å². The first-order valence-electron chi connectivity index (χ1n) is 7.92. The zero-order valence-corrected chi connectivity index (χ0v) is 14.1. The van der Waals surface area contributed by atoms with Gasteiger partial charge in [-0.25, -0.2) is 9.07 Å². The number of alkyl halides is 2. The van der Waals surface area contributed by atoms with Gasteiger partial charge in [-0.2, -0.15) is 8.78 Å². The van der Waals surface area contributed by atoms with Gasteiger partial charge in [-0.05, 0) is 24.3 Å². The Balaban J connectivity index is 1.63. The molecule has 0 aliphatic rings. The van der Waals surface area contributed by atoms with Crippen molar-refractivity contribution >= 4 is 11.8 Å². The highest BCUT2D eigenvalue weighted by atomic mass is 19.3. The van der Waals surface area contributed by atoms with E-state index in [0.717, 1.165) is 0 Å². The second-order valence-corrected chi connectivity index (χ2v) is 5.56. The van der Waals surface area contributed by atoms with Crippen molar-refractivity contribution in [3.05, 3.63) is 65.9 Å². The Hall–Kier alpha value is -3.76. The number of aromatic nitrogens is 4. The van der Waals surface area contributed by atoms with E-state index in [9.17, 15) is 22.8 Å². The summed E-state index contributed by atoms with van der Waals surface area (Å²) in [6.07, 6.45) is -0.466. The van der Waals surface area contributed by atoms with E-state index in [-0.39, 0.29) is 12.1 Å². The Labute approximate surface area is 156 Å². The number of carbonyl (C=O) groups excluding carboxylic acids is 2. The molecular formula is C17H13F3N6O2. The van der Waals surface area contributed by atoms with Crippen LogP contribution in [0.4, 0.5) is 13.2 Å². The Morgan fingerprint density at radius 2 is 1.89 bits per heavy atom. The third kappa shape index (κ3) is 4.50. The highest BCUT2D eigenvalue weighted by Crippen LogP contribution is 2.19. The summed E-state index contributed by atoms with van der Waals surface area (Å²) in [4.78, 5) is 26.6. The number of hydrogen-bond acceptors (Lipinski definition) is 5. The normalized spacial score (nSPS) is 10.7. The van der Waals surface area contributed by atoms with Crippen molar-refractivity contribution in [2.24, 2.45) is 0 Å². The van der Waals surface area contributed by atoms with Crippen molar-refractivity contribution < 1.29 is 22.8 Å². The van der Waals surface area contributed by atoms with Crippen molar-refractivity contribution in [3.8, 4) is 11.3 Å². The van der Waals surface area contributed by atoms with Crippen LogP contribution in [0.25, 0.3) is 11.3 Å². The molecule has 144 valence electrons. The number of amides is 2. The highest BCUT2D eigenvalue weighted by molar-refractivity contribution is 5.95. The van der Waals surface area contributed by atoms with Gasteiger partial charge in [-0.3, -0.25) is 25.4 Å². The third-order valence-corrected chi connectivity index (χ3v) is 3.60. The van der Waals surface area contributed by atoms with Crippen LogP contribution in [0.3, 0.4) is 0 Å². The monoisotopic (exact) mass is 390 g/mol. The topological polar surface area (TPSA) is 102 Å². The van der Waals surface area contributed by atoms with Crippen LogP contribution in [0.2, 0.25) is 0 Å². The molecule has 3 aromatic rings. The van der Waals surface area contributed by atoms with E-state index in [1.165, 1.54) is 29.1 Å². The molecule has 28 heavy (non-hydrogen) atoms. The lowest BCUT2D eigenvalue weighted by Gasteiger charge is -2.07. The van der Waals surface area contributed by atoms with E-state index < -0.39 is 24.1 Å². The second kappa shape index (κ2) is 8.29. The van der Waals surface area contributed by atoms with Crippen LogP contribution in [-0.4, -0.2) is 38.2 Å². The van der Waals surface area contributed by atoms with Crippen molar-refractivity contribution in [1.82, 2.24) is 30.8 Å². The molecule has 8 nitrogen and oxygen atoms in total. The Morgan fingerprint density at radius 1 is 1.11 bits per heavy atom. The lowest BCUT2D eigenvalue weighted by molar-refractivity contribution is -0.132. The van der Waals surface area contributed by atoms with Crippen LogP contribution in [0.15, 0.2) is 48.8 Å². The van der Waals surface area contributed by atoms with E-state index >= 15 is 0 Å². The van der Waals surface area contributed by atoms with Gasteiger partial charge >= 0.3 is 12.3 Å². The molecule has 0 spiro atoms. The number of nitrogens with one attached hydrogen (secondary N) is 2. The minimum atomic E-state index is -3.24. The number of hydrogen-bond donors (Lipinski definition) is 2. The molecule has 2 heterocycles. The van der Waals surface area contributed by atoms with Gasteiger partial charge in [-0.15, -0.1) is 5.10 Å². The van der Waals surface area contributed by atoms with Crippen molar-refractivity contribution in [1.29, 1.82) is 0 Å². The molecule has 0 unspecified atom stereocenters. The summed E-state index contributed by atoms with van der Waals surface area (Å²) >= 11 is 0. The maximum Gasteiger partial charge on any atom is 0.317 e. The minimum Gasteiger partial charge on any atom is -0.267 e. The van der Waals surface area contributed by atoms with Gasteiger partial charge in [0, 0.05) is 11.8 Å². The van der Waals surface area contributed by atoms with Crippen molar-refractivity contribution in [3.63, 3.8) is 0 Å². The molecule has 2 aromatic heterocycles. The lowest BCUT2D eigenvalue weighted by Crippen LogP contribution is -2.44. The summed E-state index contributed by atoms with van der Waals surface area (Å²) in [5, 5.41) is 7.84. The number of halogens is 3.